The third-order valence-corrected chi connectivity index (χ3v) is 2.54. The molecule has 0 fully saturated rings. The molecular formula is C12H14N4O2. The van der Waals surface area contributed by atoms with Crippen LogP contribution >= 0.6 is 0 Å². The Balaban J connectivity index is 1.79. The molecular weight excluding hydrogens is 232 g/mol. The number of benzene rings is 1. The molecule has 94 valence electrons. The third-order valence-electron chi connectivity index (χ3n) is 2.54. The lowest BCUT2D eigenvalue weighted by Gasteiger charge is -2.06. The van der Waals surface area contributed by atoms with Crippen molar-refractivity contribution in [2.45, 2.75) is 13.0 Å². The molecule has 6 heteroatoms. The van der Waals surface area contributed by atoms with Gasteiger partial charge in [0.1, 0.15) is 0 Å². The minimum Gasteiger partial charge on any atom is -0.385 e. The van der Waals surface area contributed by atoms with Crippen molar-refractivity contribution in [2.24, 2.45) is 0 Å². The Morgan fingerprint density at radius 3 is 3.06 bits per heavy atom. The molecule has 0 radical (unpaired) electrons. The van der Waals surface area contributed by atoms with Gasteiger partial charge in [-0.25, -0.2) is 4.98 Å². The molecule has 2 rings (SSSR count). The van der Waals surface area contributed by atoms with Crippen LogP contribution in [0.2, 0.25) is 0 Å². The Hall–Kier alpha value is -2.37. The highest BCUT2D eigenvalue weighted by Crippen LogP contribution is 2.16. The summed E-state index contributed by atoms with van der Waals surface area (Å²) in [5.41, 5.74) is 0.879. The number of aryl methyl sites for hydroxylation is 1. The van der Waals surface area contributed by atoms with Crippen molar-refractivity contribution < 1.29 is 4.92 Å². The normalized spacial score (nSPS) is 10.2. The monoisotopic (exact) mass is 246 g/mol. The molecule has 0 bridgehead atoms. The quantitative estimate of drug-likeness (QED) is 0.482. The largest absolute Gasteiger partial charge is 0.385 e. The van der Waals surface area contributed by atoms with Crippen molar-refractivity contribution in [1.82, 2.24) is 9.55 Å². The molecule has 0 unspecified atom stereocenters. The molecule has 1 aromatic carbocycles. The second-order valence-electron chi connectivity index (χ2n) is 3.89. The van der Waals surface area contributed by atoms with Crippen molar-refractivity contribution in [1.29, 1.82) is 0 Å². The molecule has 0 aliphatic heterocycles. The van der Waals surface area contributed by atoms with Gasteiger partial charge in [-0.15, -0.1) is 0 Å². The van der Waals surface area contributed by atoms with E-state index in [1.54, 1.807) is 18.6 Å². The van der Waals surface area contributed by atoms with Crippen molar-refractivity contribution in [3.63, 3.8) is 0 Å². The first-order valence-electron chi connectivity index (χ1n) is 5.70. The van der Waals surface area contributed by atoms with E-state index in [2.05, 4.69) is 10.3 Å². The van der Waals surface area contributed by atoms with Crippen LogP contribution in [0.4, 0.5) is 11.4 Å². The average Bonchev–Trinajstić information content (AvgIpc) is 2.88. The van der Waals surface area contributed by atoms with Crippen LogP contribution < -0.4 is 5.32 Å². The highest BCUT2D eigenvalue weighted by molar-refractivity contribution is 5.50. The zero-order chi connectivity index (χ0) is 12.8. The Morgan fingerprint density at radius 1 is 1.44 bits per heavy atom. The second kappa shape index (κ2) is 5.81. The van der Waals surface area contributed by atoms with Crippen LogP contribution in [0, 0.1) is 10.1 Å². The summed E-state index contributed by atoms with van der Waals surface area (Å²) in [6, 6.07) is 6.52. The number of nitro groups is 1. The summed E-state index contributed by atoms with van der Waals surface area (Å²) in [4.78, 5) is 14.2. The van der Waals surface area contributed by atoms with Crippen LogP contribution in [0.3, 0.4) is 0 Å². The Morgan fingerprint density at radius 2 is 2.33 bits per heavy atom. The summed E-state index contributed by atoms with van der Waals surface area (Å²) in [6.07, 6.45) is 6.35. The van der Waals surface area contributed by atoms with Crippen LogP contribution in [0.5, 0.6) is 0 Å². The molecule has 6 nitrogen and oxygen atoms in total. The third kappa shape index (κ3) is 3.31. The maximum Gasteiger partial charge on any atom is 0.271 e. The molecule has 0 saturated heterocycles. The van der Waals surface area contributed by atoms with Crippen molar-refractivity contribution in [3.8, 4) is 0 Å². The van der Waals surface area contributed by atoms with E-state index in [1.165, 1.54) is 12.1 Å². The van der Waals surface area contributed by atoms with E-state index in [0.29, 0.717) is 0 Å². The maximum atomic E-state index is 10.6. The van der Waals surface area contributed by atoms with Gasteiger partial charge in [0.15, 0.2) is 0 Å². The Kier molecular flexibility index (Phi) is 3.90. The smallest absolute Gasteiger partial charge is 0.271 e. The van der Waals surface area contributed by atoms with Gasteiger partial charge in [0.25, 0.3) is 5.69 Å². The lowest BCUT2D eigenvalue weighted by Crippen LogP contribution is -2.05. The molecule has 1 N–H and O–H groups in total. The molecule has 0 amide bonds. The standard InChI is InChI=1S/C12H14N4O2/c17-16(18)12-4-1-3-11(9-12)14-5-2-7-15-8-6-13-10-15/h1,3-4,6,8-10,14H,2,5,7H2. The molecule has 0 aliphatic carbocycles. The van der Waals surface area contributed by atoms with Crippen LogP contribution in [-0.4, -0.2) is 21.0 Å². The number of anilines is 1. The lowest BCUT2D eigenvalue weighted by atomic mass is 10.2. The first-order valence-corrected chi connectivity index (χ1v) is 5.70. The number of hydrogen-bond acceptors (Lipinski definition) is 4. The number of aromatic nitrogens is 2. The molecule has 18 heavy (non-hydrogen) atoms. The van der Waals surface area contributed by atoms with Gasteiger partial charge in [-0.2, -0.15) is 0 Å². The fourth-order valence-electron chi connectivity index (χ4n) is 1.64. The van der Waals surface area contributed by atoms with Crippen molar-refractivity contribution in [2.75, 3.05) is 11.9 Å². The number of rotatable bonds is 6. The number of imidazole rings is 1. The molecule has 2 aromatic rings. The highest BCUT2D eigenvalue weighted by atomic mass is 16.6. The highest BCUT2D eigenvalue weighted by Gasteiger charge is 2.04. The fraction of sp³-hybridized carbons (Fsp3) is 0.250. The predicted molar refractivity (Wildman–Crippen MR) is 68.4 cm³/mol. The van der Waals surface area contributed by atoms with Crippen LogP contribution in [0.1, 0.15) is 6.42 Å². The number of hydrogen-bond donors (Lipinski definition) is 1. The lowest BCUT2D eigenvalue weighted by molar-refractivity contribution is -0.384. The van der Waals surface area contributed by atoms with Gasteiger partial charge in [-0.3, -0.25) is 10.1 Å². The van der Waals surface area contributed by atoms with Crippen LogP contribution in [-0.2, 0) is 6.54 Å². The van der Waals surface area contributed by atoms with Crippen LogP contribution in [0.25, 0.3) is 0 Å². The van der Waals surface area contributed by atoms with Gasteiger partial charge in [0.2, 0.25) is 0 Å². The second-order valence-corrected chi connectivity index (χ2v) is 3.89. The van der Waals surface area contributed by atoms with Gasteiger partial charge < -0.3 is 9.88 Å². The average molecular weight is 246 g/mol. The molecule has 1 heterocycles. The van der Waals surface area contributed by atoms with Gasteiger partial charge in [0.05, 0.1) is 11.3 Å². The summed E-state index contributed by atoms with van der Waals surface area (Å²) >= 11 is 0. The zero-order valence-corrected chi connectivity index (χ0v) is 9.82. The molecule has 0 aliphatic rings. The minimum atomic E-state index is -0.392. The topological polar surface area (TPSA) is 73.0 Å². The summed E-state index contributed by atoms with van der Waals surface area (Å²) in [5, 5.41) is 13.8. The minimum absolute atomic E-state index is 0.106. The summed E-state index contributed by atoms with van der Waals surface area (Å²) in [5.74, 6) is 0. The summed E-state index contributed by atoms with van der Waals surface area (Å²) < 4.78 is 2.00. The fourth-order valence-corrected chi connectivity index (χ4v) is 1.64. The van der Waals surface area contributed by atoms with Gasteiger partial charge in [-0.05, 0) is 12.5 Å². The van der Waals surface area contributed by atoms with E-state index in [0.717, 1.165) is 25.2 Å². The summed E-state index contributed by atoms with van der Waals surface area (Å²) in [6.45, 7) is 1.64. The maximum absolute atomic E-state index is 10.6. The van der Waals surface area contributed by atoms with Gasteiger partial charge in [-0.1, -0.05) is 6.07 Å². The number of nitro benzene ring substituents is 1. The van der Waals surface area contributed by atoms with Crippen LogP contribution in [0.15, 0.2) is 43.0 Å². The van der Waals surface area contributed by atoms with Gasteiger partial charge >= 0.3 is 0 Å². The Labute approximate surface area is 104 Å². The number of non-ortho nitro benzene ring substituents is 1. The first-order chi connectivity index (χ1) is 8.75. The SMILES string of the molecule is O=[N+]([O-])c1cccc(NCCCn2ccnc2)c1. The van der Waals surface area contributed by atoms with E-state index in [4.69, 9.17) is 0 Å². The molecule has 1 aromatic heterocycles. The number of nitrogens with one attached hydrogen (secondary N) is 1. The van der Waals surface area contributed by atoms with E-state index in [1.807, 2.05) is 16.8 Å². The van der Waals surface area contributed by atoms with Crippen molar-refractivity contribution >= 4 is 11.4 Å². The van der Waals surface area contributed by atoms with Crippen molar-refractivity contribution in [3.05, 3.63) is 53.1 Å². The zero-order valence-electron chi connectivity index (χ0n) is 9.82. The molecule has 0 spiro atoms. The first kappa shape index (κ1) is 12.1. The van der Waals surface area contributed by atoms with E-state index < -0.39 is 4.92 Å². The van der Waals surface area contributed by atoms with E-state index >= 15 is 0 Å². The molecule has 0 atom stereocenters. The van der Waals surface area contributed by atoms with E-state index in [-0.39, 0.29) is 5.69 Å². The van der Waals surface area contributed by atoms with Gasteiger partial charge in [0, 0.05) is 43.3 Å². The molecule has 0 saturated carbocycles. The summed E-state index contributed by atoms with van der Waals surface area (Å²) in [7, 11) is 0. The Bertz CT molecular complexity index is 511. The van der Waals surface area contributed by atoms with E-state index in [9.17, 15) is 10.1 Å². The predicted octanol–water partition coefficient (Wildman–Crippen LogP) is 2.29. The number of nitrogens with zero attached hydrogens (tertiary/aromatic N) is 3.